The van der Waals surface area contributed by atoms with E-state index in [9.17, 15) is 9.59 Å². The Balaban J connectivity index is 0. The minimum absolute atomic E-state index is 0.0632. The number of aliphatic hydroxyl groups excluding tert-OH is 3. The molecule has 0 fully saturated rings. The van der Waals surface area contributed by atoms with Crippen molar-refractivity contribution in [3.8, 4) is 0 Å². The maximum absolute atomic E-state index is 9.79. The van der Waals surface area contributed by atoms with Crippen molar-refractivity contribution in [3.63, 3.8) is 0 Å². The zero-order chi connectivity index (χ0) is 13.9. The third kappa shape index (κ3) is 12.8. The smallest absolute Gasteiger partial charge is 0.303 e. The van der Waals surface area contributed by atoms with Crippen molar-refractivity contribution >= 4 is 11.9 Å². The van der Waals surface area contributed by atoms with E-state index in [-0.39, 0.29) is 39.1 Å². The topological polar surface area (TPSA) is 135 Å². The van der Waals surface area contributed by atoms with Crippen molar-refractivity contribution in [2.24, 2.45) is 5.41 Å². The Kier molecular flexibility index (Phi) is 10.7. The molecule has 102 valence electrons. The molecule has 0 atom stereocenters. The van der Waals surface area contributed by atoms with Crippen LogP contribution >= 0.6 is 0 Å². The Hall–Kier alpha value is -1.18. The van der Waals surface area contributed by atoms with E-state index < -0.39 is 17.4 Å². The Morgan fingerprint density at radius 1 is 0.882 bits per heavy atom. The molecule has 17 heavy (non-hydrogen) atoms. The molecule has 0 aliphatic carbocycles. The fourth-order valence-corrected chi connectivity index (χ4v) is 0.541. The average molecular weight is 252 g/mol. The number of carbonyl (C=O) groups is 2. The van der Waals surface area contributed by atoms with Gasteiger partial charge in [-0.3, -0.25) is 9.59 Å². The first-order valence-electron chi connectivity index (χ1n) is 5.07. The van der Waals surface area contributed by atoms with Gasteiger partial charge in [-0.05, 0) is 6.42 Å². The van der Waals surface area contributed by atoms with Crippen LogP contribution in [0.25, 0.3) is 0 Å². The number of hydrogen-bond donors (Lipinski definition) is 5. The Morgan fingerprint density at radius 2 is 1.18 bits per heavy atom. The lowest BCUT2D eigenvalue weighted by Gasteiger charge is -2.20. The monoisotopic (exact) mass is 252 g/mol. The van der Waals surface area contributed by atoms with Crippen LogP contribution in [-0.2, 0) is 9.59 Å². The van der Waals surface area contributed by atoms with E-state index in [0.717, 1.165) is 0 Å². The van der Waals surface area contributed by atoms with E-state index in [2.05, 4.69) is 0 Å². The van der Waals surface area contributed by atoms with E-state index in [0.29, 0.717) is 0 Å². The van der Waals surface area contributed by atoms with Gasteiger partial charge in [-0.15, -0.1) is 0 Å². The molecule has 7 nitrogen and oxygen atoms in total. The molecule has 0 aliphatic heterocycles. The van der Waals surface area contributed by atoms with Gasteiger partial charge in [0.05, 0.1) is 19.8 Å². The van der Waals surface area contributed by atoms with Crippen LogP contribution in [0.15, 0.2) is 0 Å². The summed E-state index contributed by atoms with van der Waals surface area (Å²) in [6.45, 7) is 1.06. The summed E-state index contributed by atoms with van der Waals surface area (Å²) in [5.41, 5.74) is -0.708. The van der Waals surface area contributed by atoms with Crippen molar-refractivity contribution in [3.05, 3.63) is 0 Å². The maximum atomic E-state index is 9.79. The summed E-state index contributed by atoms with van der Waals surface area (Å²) in [7, 11) is 0. The van der Waals surface area contributed by atoms with E-state index in [4.69, 9.17) is 25.5 Å². The van der Waals surface area contributed by atoms with Gasteiger partial charge in [-0.25, -0.2) is 0 Å². The van der Waals surface area contributed by atoms with Crippen LogP contribution in [0.2, 0.25) is 0 Å². The molecule has 0 spiro atoms. The van der Waals surface area contributed by atoms with Crippen molar-refractivity contribution < 1.29 is 35.1 Å². The molecule has 0 heterocycles. The Labute approximate surface area is 99.3 Å². The standard InChI is InChI=1S/C5H8O4.C5H12O3/c6-4(7)2-1-3-5(8)9;1-5(2-6,3-7)4-8/h1-3H2,(H,6,7)(H,8,9);6-8H,2-4H2,1H3. The fraction of sp³-hybridized carbons (Fsp3) is 0.800. The molecule has 0 aromatic heterocycles. The lowest BCUT2D eigenvalue weighted by Crippen LogP contribution is -2.29. The van der Waals surface area contributed by atoms with Crippen LogP contribution in [0.5, 0.6) is 0 Å². The van der Waals surface area contributed by atoms with Gasteiger partial charge >= 0.3 is 11.9 Å². The zero-order valence-electron chi connectivity index (χ0n) is 9.80. The van der Waals surface area contributed by atoms with Crippen molar-refractivity contribution in [1.82, 2.24) is 0 Å². The molecule has 0 bridgehead atoms. The molecule has 7 heteroatoms. The molecule has 0 saturated heterocycles. The highest BCUT2D eigenvalue weighted by Crippen LogP contribution is 2.10. The average Bonchev–Trinajstić information content (AvgIpc) is 2.28. The highest BCUT2D eigenvalue weighted by molar-refractivity contribution is 5.69. The second-order valence-corrected chi connectivity index (χ2v) is 3.93. The molecular weight excluding hydrogens is 232 g/mol. The zero-order valence-corrected chi connectivity index (χ0v) is 9.80. The SMILES string of the molecule is CC(CO)(CO)CO.O=C(O)CCCC(=O)O. The summed E-state index contributed by atoms with van der Waals surface area (Å²) in [6, 6.07) is 0. The van der Waals surface area contributed by atoms with Crippen LogP contribution in [0.1, 0.15) is 26.2 Å². The van der Waals surface area contributed by atoms with E-state index in [1.54, 1.807) is 6.92 Å². The van der Waals surface area contributed by atoms with Gasteiger partial charge in [-0.1, -0.05) is 6.92 Å². The molecule has 0 aromatic carbocycles. The van der Waals surface area contributed by atoms with Crippen LogP contribution in [0.4, 0.5) is 0 Å². The summed E-state index contributed by atoms with van der Waals surface area (Å²) in [5.74, 6) is -1.90. The second-order valence-electron chi connectivity index (χ2n) is 3.93. The van der Waals surface area contributed by atoms with Crippen LogP contribution < -0.4 is 0 Å². The van der Waals surface area contributed by atoms with Crippen LogP contribution in [0, 0.1) is 5.41 Å². The summed E-state index contributed by atoms with van der Waals surface area (Å²) < 4.78 is 0. The van der Waals surface area contributed by atoms with Gasteiger partial charge in [0.1, 0.15) is 0 Å². The Bertz CT molecular complexity index is 200. The number of hydrogen-bond acceptors (Lipinski definition) is 5. The molecule has 0 saturated carbocycles. The molecule has 0 radical (unpaired) electrons. The predicted octanol–water partition coefficient (Wildman–Crippen LogP) is -0.704. The molecule has 0 unspecified atom stereocenters. The van der Waals surface area contributed by atoms with Crippen molar-refractivity contribution in [2.45, 2.75) is 26.2 Å². The van der Waals surface area contributed by atoms with Gasteiger partial charge in [-0.2, -0.15) is 0 Å². The van der Waals surface area contributed by atoms with Crippen molar-refractivity contribution in [1.29, 1.82) is 0 Å². The molecule has 0 amide bonds. The third-order valence-corrected chi connectivity index (χ3v) is 1.93. The van der Waals surface area contributed by atoms with Crippen LogP contribution in [-0.4, -0.2) is 57.3 Å². The summed E-state index contributed by atoms with van der Waals surface area (Å²) in [6.07, 6.45) is 0.0866. The van der Waals surface area contributed by atoms with Gasteiger partial charge in [0.25, 0.3) is 0 Å². The number of rotatable bonds is 7. The molecule has 0 rings (SSSR count). The fourth-order valence-electron chi connectivity index (χ4n) is 0.541. The van der Waals surface area contributed by atoms with E-state index in [1.165, 1.54) is 0 Å². The van der Waals surface area contributed by atoms with E-state index in [1.807, 2.05) is 0 Å². The van der Waals surface area contributed by atoms with E-state index >= 15 is 0 Å². The van der Waals surface area contributed by atoms with Gasteiger partial charge in [0.15, 0.2) is 0 Å². The number of carboxylic acids is 2. The lowest BCUT2D eigenvalue weighted by molar-refractivity contribution is -0.138. The summed E-state index contributed by atoms with van der Waals surface area (Å²) in [4.78, 5) is 19.6. The summed E-state index contributed by atoms with van der Waals surface area (Å²) in [5, 5.41) is 41.5. The highest BCUT2D eigenvalue weighted by Gasteiger charge is 2.20. The molecule has 0 aliphatic rings. The largest absolute Gasteiger partial charge is 0.481 e. The normalized spacial score (nSPS) is 10.4. The van der Waals surface area contributed by atoms with Gasteiger partial charge in [0, 0.05) is 18.3 Å². The van der Waals surface area contributed by atoms with Crippen molar-refractivity contribution in [2.75, 3.05) is 19.8 Å². The molecule has 5 N–H and O–H groups in total. The van der Waals surface area contributed by atoms with Gasteiger partial charge in [0.2, 0.25) is 0 Å². The predicted molar refractivity (Wildman–Crippen MR) is 58.5 cm³/mol. The van der Waals surface area contributed by atoms with Gasteiger partial charge < -0.3 is 25.5 Å². The maximum Gasteiger partial charge on any atom is 0.303 e. The minimum Gasteiger partial charge on any atom is -0.481 e. The first-order chi connectivity index (χ1) is 7.81. The first-order valence-corrected chi connectivity index (χ1v) is 5.07. The second kappa shape index (κ2) is 10.0. The molecule has 0 aromatic rings. The quantitative estimate of drug-likeness (QED) is 0.404. The summed E-state index contributed by atoms with van der Waals surface area (Å²) >= 11 is 0. The molecular formula is C10H20O7. The van der Waals surface area contributed by atoms with Crippen LogP contribution in [0.3, 0.4) is 0 Å². The number of aliphatic carboxylic acids is 2. The third-order valence-electron chi connectivity index (χ3n) is 1.93. The lowest BCUT2D eigenvalue weighted by atomic mass is 9.95. The number of carboxylic acid groups (broad SMARTS) is 2. The Morgan fingerprint density at radius 3 is 1.29 bits per heavy atom. The minimum atomic E-state index is -0.948. The highest BCUT2D eigenvalue weighted by atomic mass is 16.4. The number of aliphatic hydroxyl groups is 3. The first kappa shape index (κ1) is 18.2.